The van der Waals surface area contributed by atoms with Crippen LogP contribution in [0.1, 0.15) is 24.1 Å². The standard InChI is InChI=1S/C21H18N6/c1-15(17-6-4-3-5-7-17)26(2)20-12-23-13-21(25-20)27-14-24-18-10-16(11-22)8-9-19(18)27/h3-10,12-15H,1-2H3/t15-/m0/s1. The summed E-state index contributed by atoms with van der Waals surface area (Å²) >= 11 is 0. The van der Waals surface area contributed by atoms with Crippen molar-refractivity contribution in [3.8, 4) is 11.9 Å². The summed E-state index contributed by atoms with van der Waals surface area (Å²) in [5, 5.41) is 9.05. The zero-order valence-corrected chi connectivity index (χ0v) is 15.1. The summed E-state index contributed by atoms with van der Waals surface area (Å²) in [6.45, 7) is 2.14. The molecule has 6 nitrogen and oxygen atoms in total. The monoisotopic (exact) mass is 354 g/mol. The highest BCUT2D eigenvalue weighted by Gasteiger charge is 2.15. The van der Waals surface area contributed by atoms with Gasteiger partial charge in [-0.25, -0.2) is 9.97 Å². The van der Waals surface area contributed by atoms with Crippen LogP contribution >= 0.6 is 0 Å². The number of nitrogens with zero attached hydrogens (tertiary/aromatic N) is 6. The lowest BCUT2D eigenvalue weighted by atomic mass is 10.1. The van der Waals surface area contributed by atoms with Crippen LogP contribution in [0.4, 0.5) is 5.82 Å². The fourth-order valence-corrected chi connectivity index (χ4v) is 3.05. The van der Waals surface area contributed by atoms with Crippen molar-refractivity contribution in [1.29, 1.82) is 5.26 Å². The summed E-state index contributed by atoms with van der Waals surface area (Å²) in [6, 6.07) is 18.0. The Morgan fingerprint density at radius 1 is 1.11 bits per heavy atom. The zero-order valence-electron chi connectivity index (χ0n) is 15.1. The van der Waals surface area contributed by atoms with Crippen LogP contribution in [0.3, 0.4) is 0 Å². The lowest BCUT2D eigenvalue weighted by Gasteiger charge is -2.26. The molecule has 0 bridgehead atoms. The van der Waals surface area contributed by atoms with Crippen molar-refractivity contribution in [2.24, 2.45) is 0 Å². The molecular formula is C21H18N6. The summed E-state index contributed by atoms with van der Waals surface area (Å²) in [5.41, 5.74) is 3.44. The Bertz CT molecular complexity index is 1130. The minimum atomic E-state index is 0.161. The van der Waals surface area contributed by atoms with Crippen LogP contribution in [-0.2, 0) is 0 Å². The van der Waals surface area contributed by atoms with E-state index >= 15 is 0 Å². The summed E-state index contributed by atoms with van der Waals surface area (Å²) < 4.78 is 1.88. The normalized spacial score (nSPS) is 11.9. The molecule has 0 saturated heterocycles. The quantitative estimate of drug-likeness (QED) is 0.556. The van der Waals surface area contributed by atoms with Crippen molar-refractivity contribution in [2.75, 3.05) is 11.9 Å². The van der Waals surface area contributed by atoms with E-state index in [2.05, 4.69) is 40.0 Å². The minimum Gasteiger partial charge on any atom is -0.352 e. The van der Waals surface area contributed by atoms with Crippen molar-refractivity contribution in [2.45, 2.75) is 13.0 Å². The Kier molecular flexibility index (Phi) is 4.27. The first-order valence-corrected chi connectivity index (χ1v) is 8.65. The number of fused-ring (bicyclic) bond motifs is 1. The predicted molar refractivity (Wildman–Crippen MR) is 105 cm³/mol. The molecule has 2 heterocycles. The van der Waals surface area contributed by atoms with Crippen LogP contribution in [0.5, 0.6) is 0 Å². The highest BCUT2D eigenvalue weighted by Crippen LogP contribution is 2.24. The highest BCUT2D eigenvalue weighted by molar-refractivity contribution is 5.78. The molecule has 4 aromatic rings. The second-order valence-electron chi connectivity index (χ2n) is 6.36. The van der Waals surface area contributed by atoms with E-state index in [-0.39, 0.29) is 6.04 Å². The third-order valence-electron chi connectivity index (χ3n) is 4.76. The Balaban J connectivity index is 1.70. The van der Waals surface area contributed by atoms with Gasteiger partial charge in [0, 0.05) is 7.05 Å². The summed E-state index contributed by atoms with van der Waals surface area (Å²) in [6.07, 6.45) is 5.18. The van der Waals surface area contributed by atoms with Gasteiger partial charge in [-0.1, -0.05) is 30.3 Å². The Morgan fingerprint density at radius 3 is 2.70 bits per heavy atom. The van der Waals surface area contributed by atoms with E-state index in [1.807, 2.05) is 35.9 Å². The van der Waals surface area contributed by atoms with Crippen LogP contribution in [-0.4, -0.2) is 26.6 Å². The van der Waals surface area contributed by atoms with Gasteiger partial charge in [0.05, 0.1) is 41.1 Å². The minimum absolute atomic E-state index is 0.161. The van der Waals surface area contributed by atoms with Gasteiger partial charge in [-0.2, -0.15) is 5.26 Å². The average molecular weight is 354 g/mol. The third-order valence-corrected chi connectivity index (χ3v) is 4.76. The number of hydrogen-bond donors (Lipinski definition) is 0. The van der Waals surface area contributed by atoms with Gasteiger partial charge in [0.1, 0.15) is 12.1 Å². The number of aromatic nitrogens is 4. The van der Waals surface area contributed by atoms with Crippen LogP contribution in [0.25, 0.3) is 16.9 Å². The molecule has 2 aromatic heterocycles. The van der Waals surface area contributed by atoms with Crippen LogP contribution in [0.2, 0.25) is 0 Å². The molecule has 6 heteroatoms. The molecule has 0 aliphatic heterocycles. The first-order chi connectivity index (χ1) is 13.2. The van der Waals surface area contributed by atoms with E-state index in [1.165, 1.54) is 5.56 Å². The van der Waals surface area contributed by atoms with Crippen LogP contribution in [0, 0.1) is 11.3 Å². The van der Waals surface area contributed by atoms with E-state index in [9.17, 15) is 0 Å². The Labute approximate surface area is 157 Å². The molecule has 0 saturated carbocycles. The van der Waals surface area contributed by atoms with Crippen LogP contribution in [0.15, 0.2) is 67.3 Å². The topological polar surface area (TPSA) is 70.6 Å². The first-order valence-electron chi connectivity index (χ1n) is 8.65. The number of nitriles is 1. The van der Waals surface area contributed by atoms with E-state index < -0.39 is 0 Å². The molecule has 1 atom stereocenters. The van der Waals surface area contributed by atoms with Gasteiger partial charge in [0.15, 0.2) is 5.82 Å². The van der Waals surface area contributed by atoms with E-state index in [4.69, 9.17) is 10.2 Å². The average Bonchev–Trinajstić information content (AvgIpc) is 3.16. The van der Waals surface area contributed by atoms with Crippen LogP contribution < -0.4 is 4.90 Å². The number of anilines is 1. The fraction of sp³-hybridized carbons (Fsp3) is 0.143. The summed E-state index contributed by atoms with van der Waals surface area (Å²) in [4.78, 5) is 15.6. The van der Waals surface area contributed by atoms with Gasteiger partial charge in [-0.05, 0) is 30.7 Å². The Hall–Kier alpha value is -3.72. The molecule has 0 amide bonds. The molecule has 0 fully saturated rings. The molecule has 27 heavy (non-hydrogen) atoms. The van der Waals surface area contributed by atoms with Crippen molar-refractivity contribution < 1.29 is 0 Å². The van der Waals surface area contributed by atoms with Gasteiger partial charge in [-0.3, -0.25) is 9.55 Å². The maximum Gasteiger partial charge on any atom is 0.159 e. The largest absolute Gasteiger partial charge is 0.352 e. The molecule has 0 aliphatic rings. The van der Waals surface area contributed by atoms with Crippen molar-refractivity contribution in [3.63, 3.8) is 0 Å². The summed E-state index contributed by atoms with van der Waals surface area (Å²) in [7, 11) is 2.01. The van der Waals surface area contributed by atoms with Gasteiger partial charge in [0.2, 0.25) is 0 Å². The van der Waals surface area contributed by atoms with Crippen molar-refractivity contribution >= 4 is 16.9 Å². The molecule has 0 radical (unpaired) electrons. The third kappa shape index (κ3) is 3.11. The molecule has 132 valence electrons. The molecule has 0 aliphatic carbocycles. The van der Waals surface area contributed by atoms with E-state index in [1.54, 1.807) is 30.9 Å². The fourth-order valence-electron chi connectivity index (χ4n) is 3.05. The molecule has 0 unspecified atom stereocenters. The highest BCUT2D eigenvalue weighted by atomic mass is 15.2. The van der Waals surface area contributed by atoms with Gasteiger partial charge in [0.25, 0.3) is 0 Å². The molecule has 2 aromatic carbocycles. The van der Waals surface area contributed by atoms with Gasteiger partial charge in [-0.15, -0.1) is 0 Å². The number of benzene rings is 2. The molecule has 4 rings (SSSR count). The van der Waals surface area contributed by atoms with Gasteiger partial charge < -0.3 is 4.90 Å². The number of hydrogen-bond acceptors (Lipinski definition) is 5. The maximum atomic E-state index is 9.05. The molecule has 0 spiro atoms. The SMILES string of the molecule is C[C@@H](c1ccccc1)N(C)c1cncc(-n2cnc3cc(C#N)ccc32)n1. The van der Waals surface area contributed by atoms with E-state index in [0.29, 0.717) is 11.4 Å². The zero-order chi connectivity index (χ0) is 18.8. The lowest BCUT2D eigenvalue weighted by molar-refractivity contribution is 0.724. The number of imidazole rings is 1. The Morgan fingerprint density at radius 2 is 1.93 bits per heavy atom. The predicted octanol–water partition coefficient (Wildman–Crippen LogP) is 3.88. The lowest BCUT2D eigenvalue weighted by Crippen LogP contribution is -2.23. The number of rotatable bonds is 4. The smallest absolute Gasteiger partial charge is 0.159 e. The van der Waals surface area contributed by atoms with Gasteiger partial charge >= 0.3 is 0 Å². The molecular weight excluding hydrogens is 336 g/mol. The molecule has 0 N–H and O–H groups in total. The van der Waals surface area contributed by atoms with Crippen molar-refractivity contribution in [3.05, 3.63) is 78.4 Å². The van der Waals surface area contributed by atoms with E-state index in [0.717, 1.165) is 16.9 Å². The summed E-state index contributed by atoms with van der Waals surface area (Å²) in [5.74, 6) is 1.46. The van der Waals surface area contributed by atoms with Crippen molar-refractivity contribution in [1.82, 2.24) is 19.5 Å². The maximum absolute atomic E-state index is 9.05. The second kappa shape index (κ2) is 6.89. The second-order valence-corrected chi connectivity index (χ2v) is 6.36. The first kappa shape index (κ1) is 16.7.